The van der Waals surface area contributed by atoms with Crippen LogP contribution in [-0.4, -0.2) is 0 Å². The number of hydrogen-bond donors (Lipinski definition) is 0. The molecule has 0 fully saturated rings. The molecule has 1 heteroatoms. The summed E-state index contributed by atoms with van der Waals surface area (Å²) in [5.41, 5.74) is 0. The van der Waals surface area contributed by atoms with Gasteiger partial charge in [0.2, 0.25) is 0 Å². The van der Waals surface area contributed by atoms with Crippen molar-refractivity contribution in [3.63, 3.8) is 0 Å². The Bertz CT molecular complexity index is 45.9. The van der Waals surface area contributed by atoms with Crippen molar-refractivity contribution >= 4 is 12.6 Å². The third kappa shape index (κ3) is 3.96. The highest BCUT2D eigenvalue weighted by molar-refractivity contribution is 7.83. The van der Waals surface area contributed by atoms with Crippen LogP contribution in [0.25, 0.3) is 0 Å². The lowest BCUT2D eigenvalue weighted by atomic mass is 10.2. The fourth-order valence-electron chi connectivity index (χ4n) is 0.157. The van der Waals surface area contributed by atoms with Crippen molar-refractivity contribution in [3.8, 4) is 0 Å². The Kier molecular flexibility index (Phi) is 3.14. The van der Waals surface area contributed by atoms with Crippen LogP contribution >= 0.6 is 12.6 Å². The van der Waals surface area contributed by atoms with E-state index in [4.69, 9.17) is 0 Å². The molecule has 0 spiro atoms. The molecular weight excluding hydrogens is 92.1 g/mol. The number of allylic oxidation sites excluding steroid dienone is 1. The molecule has 0 rings (SSSR count). The Morgan fingerprint density at radius 2 is 2.00 bits per heavy atom. The average molecular weight is 101 g/mol. The highest BCUT2D eigenvalue weighted by Crippen LogP contribution is 1.92. The molecule has 0 aromatic carbocycles. The normalized spacial score (nSPS) is 11.2. The second-order valence-electron chi connectivity index (χ2n) is 1.57. The maximum Gasteiger partial charge on any atom is -0.00239 e. The quantitative estimate of drug-likeness (QED) is 0.475. The summed E-state index contributed by atoms with van der Waals surface area (Å²) in [6, 6.07) is 0. The van der Waals surface area contributed by atoms with Gasteiger partial charge in [-0.25, -0.2) is 0 Å². The zero-order valence-corrected chi connectivity index (χ0v) is 4.96. The molecule has 0 amide bonds. The highest BCUT2D eigenvalue weighted by atomic mass is 32.1. The lowest BCUT2D eigenvalue weighted by molar-refractivity contribution is 0.834. The molecule has 0 nitrogen and oxygen atoms in total. The van der Waals surface area contributed by atoms with E-state index in [1.54, 1.807) is 5.41 Å². The van der Waals surface area contributed by atoms with Crippen LogP contribution in [0.15, 0.2) is 11.5 Å². The molecule has 0 atom stereocenters. The van der Waals surface area contributed by atoms with E-state index >= 15 is 0 Å². The van der Waals surface area contributed by atoms with Crippen molar-refractivity contribution in [3.05, 3.63) is 11.5 Å². The molecule has 0 saturated heterocycles. The summed E-state index contributed by atoms with van der Waals surface area (Å²) in [4.78, 5) is 0. The van der Waals surface area contributed by atoms with Gasteiger partial charge in [-0.1, -0.05) is 32.6 Å². The maximum atomic E-state index is 4.55. The van der Waals surface area contributed by atoms with Crippen molar-refractivity contribution in [2.45, 2.75) is 13.8 Å². The zero-order valence-electron chi connectivity index (χ0n) is 4.14. The summed E-state index contributed by atoms with van der Waals surface area (Å²) in [7, 11) is 0. The van der Waals surface area contributed by atoms with Gasteiger partial charge in [0.25, 0.3) is 0 Å². The molecule has 0 aliphatic heterocycles. The Morgan fingerprint density at radius 3 is 2.00 bits per heavy atom. The lowest BCUT2D eigenvalue weighted by Gasteiger charge is -1.86. The number of rotatable bonds is 1. The fourth-order valence-corrected chi connectivity index (χ4v) is 0.471. The average Bonchev–Trinajstić information content (AvgIpc) is 1.35. The summed E-state index contributed by atoms with van der Waals surface area (Å²) < 4.78 is 0. The van der Waals surface area contributed by atoms with Crippen LogP contribution in [0.2, 0.25) is 0 Å². The molecule has 0 saturated carbocycles. The monoisotopic (exact) mass is 101 g/mol. The van der Waals surface area contributed by atoms with Crippen LogP contribution in [0.1, 0.15) is 13.8 Å². The first-order chi connectivity index (χ1) is 2.77. The van der Waals surface area contributed by atoms with Crippen LogP contribution in [0.5, 0.6) is 0 Å². The van der Waals surface area contributed by atoms with Crippen molar-refractivity contribution < 1.29 is 0 Å². The van der Waals surface area contributed by atoms with E-state index in [0.717, 1.165) is 0 Å². The maximum absolute atomic E-state index is 4.55. The van der Waals surface area contributed by atoms with Crippen molar-refractivity contribution in [1.29, 1.82) is 0 Å². The Labute approximate surface area is 44.7 Å². The fraction of sp³-hybridized carbons (Fsp3) is 0.600. The van der Waals surface area contributed by atoms with Gasteiger partial charge in [-0.15, -0.1) is 0 Å². The molecule has 0 unspecified atom stereocenters. The Morgan fingerprint density at radius 1 is 1.50 bits per heavy atom. The largest absolute Gasteiger partial charge is 0.0891 e. The minimum atomic E-state index is 0.613. The van der Waals surface area contributed by atoms with Gasteiger partial charge in [-0.05, 0) is 11.3 Å². The molecule has 1 radical (unpaired) electrons. The molecular formula is C5H9S. The first-order valence-electron chi connectivity index (χ1n) is 2.06. The third-order valence-corrected chi connectivity index (χ3v) is 0.621. The molecule has 0 aromatic rings. The number of hydrogen-bond acceptors (Lipinski definition) is 0. The van der Waals surface area contributed by atoms with Crippen LogP contribution in [0.3, 0.4) is 0 Å². The van der Waals surface area contributed by atoms with Gasteiger partial charge in [0.1, 0.15) is 0 Å². The lowest BCUT2D eigenvalue weighted by Crippen LogP contribution is -1.72. The summed E-state index contributed by atoms with van der Waals surface area (Å²) in [6.07, 6.45) is 1.98. The Hall–Kier alpha value is -0.0400. The Balaban J connectivity index is 3.03. The van der Waals surface area contributed by atoms with Crippen LogP contribution in [-0.2, 0) is 0 Å². The van der Waals surface area contributed by atoms with E-state index in [2.05, 4.69) is 26.5 Å². The summed E-state index contributed by atoms with van der Waals surface area (Å²) >= 11 is 4.55. The van der Waals surface area contributed by atoms with Crippen LogP contribution in [0.4, 0.5) is 0 Å². The molecule has 0 aliphatic carbocycles. The molecule has 0 aliphatic rings. The first kappa shape index (κ1) is 5.96. The standard InChI is InChI=1S/C5H9S/c1-5(2)3-4-6/h3-5H,1-2H3/b4-3+. The topological polar surface area (TPSA) is 0 Å². The highest BCUT2D eigenvalue weighted by Gasteiger charge is 1.77. The van der Waals surface area contributed by atoms with E-state index < -0.39 is 0 Å². The minimum Gasteiger partial charge on any atom is -0.0891 e. The van der Waals surface area contributed by atoms with Crippen LogP contribution in [0, 0.1) is 5.92 Å². The zero-order chi connectivity index (χ0) is 4.99. The second kappa shape index (κ2) is 3.16. The summed E-state index contributed by atoms with van der Waals surface area (Å²) in [5.74, 6) is 0.613. The molecule has 6 heavy (non-hydrogen) atoms. The van der Waals surface area contributed by atoms with Crippen molar-refractivity contribution in [1.82, 2.24) is 0 Å². The summed E-state index contributed by atoms with van der Waals surface area (Å²) in [6.45, 7) is 4.20. The molecule has 0 bridgehead atoms. The van der Waals surface area contributed by atoms with Crippen LogP contribution < -0.4 is 0 Å². The van der Waals surface area contributed by atoms with Gasteiger partial charge in [0.05, 0.1) is 0 Å². The minimum absolute atomic E-state index is 0.613. The molecule has 35 valence electrons. The molecule has 0 aromatic heterocycles. The molecule has 0 N–H and O–H groups in total. The van der Waals surface area contributed by atoms with E-state index in [0.29, 0.717) is 5.92 Å². The first-order valence-corrected chi connectivity index (χ1v) is 2.53. The van der Waals surface area contributed by atoms with Gasteiger partial charge < -0.3 is 0 Å². The van der Waals surface area contributed by atoms with Crippen molar-refractivity contribution in [2.24, 2.45) is 5.92 Å². The van der Waals surface area contributed by atoms with E-state index in [1.165, 1.54) is 0 Å². The van der Waals surface area contributed by atoms with Gasteiger partial charge in [-0.3, -0.25) is 0 Å². The molecule has 0 heterocycles. The third-order valence-electron chi connectivity index (χ3n) is 0.463. The van der Waals surface area contributed by atoms with Crippen molar-refractivity contribution in [2.75, 3.05) is 0 Å². The van der Waals surface area contributed by atoms with E-state index in [1.807, 2.05) is 6.08 Å². The predicted molar refractivity (Wildman–Crippen MR) is 31.6 cm³/mol. The van der Waals surface area contributed by atoms with E-state index in [-0.39, 0.29) is 0 Å². The predicted octanol–water partition coefficient (Wildman–Crippen LogP) is 2.35. The van der Waals surface area contributed by atoms with Gasteiger partial charge in [0.15, 0.2) is 0 Å². The SMILES string of the molecule is CC(C)/C=C/[S]. The summed E-state index contributed by atoms with van der Waals surface area (Å²) in [5, 5.41) is 1.66. The van der Waals surface area contributed by atoms with Gasteiger partial charge in [-0.2, -0.15) is 0 Å². The second-order valence-corrected chi connectivity index (χ2v) is 1.84. The van der Waals surface area contributed by atoms with E-state index in [9.17, 15) is 0 Å². The van der Waals surface area contributed by atoms with Gasteiger partial charge >= 0.3 is 0 Å². The smallest absolute Gasteiger partial charge is 0.00239 e. The van der Waals surface area contributed by atoms with Gasteiger partial charge in [0, 0.05) is 0 Å².